The van der Waals surface area contributed by atoms with Crippen LogP contribution in [0.5, 0.6) is 11.5 Å². The Kier molecular flexibility index (Phi) is 7.16. The molecule has 1 aromatic carbocycles. The highest BCUT2D eigenvalue weighted by Crippen LogP contribution is 2.42. The lowest BCUT2D eigenvalue weighted by Crippen LogP contribution is -2.27. The number of carbonyl (C=O) groups excluding carboxylic acids is 2. The number of hydrogen-bond donors (Lipinski definition) is 1. The zero-order chi connectivity index (χ0) is 21.6. The van der Waals surface area contributed by atoms with Crippen molar-refractivity contribution in [2.75, 3.05) is 27.4 Å². The number of rotatable bonds is 8. The fourth-order valence-electron chi connectivity index (χ4n) is 2.66. The van der Waals surface area contributed by atoms with Crippen LogP contribution in [0, 0.1) is 0 Å². The van der Waals surface area contributed by atoms with Crippen LogP contribution in [0.3, 0.4) is 0 Å². The molecule has 1 unspecified atom stereocenters. The van der Waals surface area contributed by atoms with Crippen LogP contribution in [-0.4, -0.2) is 49.3 Å². The summed E-state index contributed by atoms with van der Waals surface area (Å²) in [5, 5.41) is 9.86. The summed E-state index contributed by atoms with van der Waals surface area (Å²) in [5.41, 5.74) is -2.52. The second-order valence-electron chi connectivity index (χ2n) is 5.75. The van der Waals surface area contributed by atoms with Crippen LogP contribution in [0.4, 0.5) is 13.2 Å². The summed E-state index contributed by atoms with van der Waals surface area (Å²) in [5.74, 6) is -5.54. The molecule has 1 aromatic heterocycles. The topological polar surface area (TPSA) is 95.0 Å². The first kappa shape index (κ1) is 22.2. The monoisotopic (exact) mass is 413 g/mol. The maximum atomic E-state index is 13.9. The number of ketones is 1. The summed E-state index contributed by atoms with van der Waals surface area (Å²) in [6, 6.07) is 5.72. The smallest absolute Gasteiger partial charge is 0.420 e. The van der Waals surface area contributed by atoms with E-state index < -0.39 is 52.2 Å². The maximum absolute atomic E-state index is 13.9. The third-order valence-corrected chi connectivity index (χ3v) is 3.92. The van der Waals surface area contributed by atoms with Gasteiger partial charge in [-0.3, -0.25) is 9.59 Å². The van der Waals surface area contributed by atoms with E-state index in [1.165, 1.54) is 19.2 Å². The van der Waals surface area contributed by atoms with E-state index in [1.54, 1.807) is 0 Å². The molecule has 2 rings (SSSR count). The highest BCUT2D eigenvalue weighted by molar-refractivity contribution is 6.13. The van der Waals surface area contributed by atoms with Crippen molar-refractivity contribution in [1.29, 1.82) is 0 Å². The maximum Gasteiger partial charge on any atom is 0.420 e. The van der Waals surface area contributed by atoms with Gasteiger partial charge >= 0.3 is 12.1 Å². The second-order valence-corrected chi connectivity index (χ2v) is 5.75. The van der Waals surface area contributed by atoms with E-state index in [-0.39, 0.29) is 13.2 Å². The molecular formula is C19H18F3NO6. The number of carbonyl (C=O) groups is 2. The summed E-state index contributed by atoms with van der Waals surface area (Å²) in [7, 11) is 2.29. The normalized spacial score (nSPS) is 12.3. The van der Waals surface area contributed by atoms with Gasteiger partial charge in [-0.1, -0.05) is 12.1 Å². The molecule has 1 N–H and O–H groups in total. The van der Waals surface area contributed by atoms with Gasteiger partial charge in [0.05, 0.1) is 13.7 Å². The van der Waals surface area contributed by atoms with Gasteiger partial charge in [-0.25, -0.2) is 4.98 Å². The van der Waals surface area contributed by atoms with E-state index in [1.807, 2.05) is 0 Å². The van der Waals surface area contributed by atoms with E-state index in [9.17, 15) is 27.9 Å². The molecule has 0 saturated carbocycles. The number of aromatic nitrogens is 1. The van der Waals surface area contributed by atoms with E-state index >= 15 is 0 Å². The summed E-state index contributed by atoms with van der Waals surface area (Å²) in [6.07, 6.45) is -3.78. The molecule has 29 heavy (non-hydrogen) atoms. The molecule has 0 amide bonds. The number of alkyl halides is 3. The molecule has 0 aliphatic rings. The molecule has 0 fully saturated rings. The first-order valence-corrected chi connectivity index (χ1v) is 8.30. The molecule has 156 valence electrons. The van der Waals surface area contributed by atoms with Crippen molar-refractivity contribution in [2.24, 2.45) is 0 Å². The summed E-state index contributed by atoms with van der Waals surface area (Å²) >= 11 is 0. The first-order chi connectivity index (χ1) is 13.7. The number of ether oxygens (including phenoxy) is 3. The second kappa shape index (κ2) is 9.37. The van der Waals surface area contributed by atoms with Crippen LogP contribution in [0.2, 0.25) is 0 Å². The van der Waals surface area contributed by atoms with Crippen LogP contribution < -0.4 is 4.74 Å². The molecule has 0 radical (unpaired) electrons. The van der Waals surface area contributed by atoms with Crippen LogP contribution in [-0.2, 0) is 20.4 Å². The quantitative estimate of drug-likeness (QED) is 0.308. The molecule has 0 saturated heterocycles. The van der Waals surface area contributed by atoms with Gasteiger partial charge in [0.1, 0.15) is 35.3 Å². The molecule has 2 aromatic rings. The number of methoxy groups -OCH3 is 2. The fourth-order valence-corrected chi connectivity index (χ4v) is 2.66. The molecule has 1 heterocycles. The lowest BCUT2D eigenvalue weighted by Gasteiger charge is -2.22. The highest BCUT2D eigenvalue weighted by Gasteiger charge is 2.43. The van der Waals surface area contributed by atoms with Crippen molar-refractivity contribution in [3.05, 3.63) is 53.3 Å². The molecular weight excluding hydrogens is 395 g/mol. The van der Waals surface area contributed by atoms with Gasteiger partial charge in [-0.15, -0.1) is 0 Å². The Morgan fingerprint density at radius 1 is 1.14 bits per heavy atom. The van der Waals surface area contributed by atoms with E-state index in [2.05, 4.69) is 9.72 Å². The minimum atomic E-state index is -4.95. The van der Waals surface area contributed by atoms with Crippen LogP contribution in [0.1, 0.15) is 27.5 Å². The third kappa shape index (κ3) is 5.02. The Bertz CT molecular complexity index is 884. The predicted molar refractivity (Wildman–Crippen MR) is 93.8 cm³/mol. The van der Waals surface area contributed by atoms with Crippen molar-refractivity contribution >= 4 is 11.8 Å². The molecule has 0 aliphatic carbocycles. The van der Waals surface area contributed by atoms with E-state index in [4.69, 9.17) is 9.47 Å². The molecule has 1 atom stereocenters. The number of benzene rings is 1. The van der Waals surface area contributed by atoms with Gasteiger partial charge in [0, 0.05) is 13.3 Å². The number of halogens is 3. The number of pyridine rings is 1. The lowest BCUT2D eigenvalue weighted by atomic mass is 9.88. The molecule has 7 nitrogen and oxygen atoms in total. The van der Waals surface area contributed by atoms with Crippen molar-refractivity contribution in [1.82, 2.24) is 4.98 Å². The Labute approximate surface area is 164 Å². The minimum absolute atomic E-state index is 0.0304. The zero-order valence-electron chi connectivity index (χ0n) is 15.5. The van der Waals surface area contributed by atoms with Gasteiger partial charge in [-0.2, -0.15) is 13.2 Å². The average Bonchev–Trinajstić information content (AvgIpc) is 2.67. The van der Waals surface area contributed by atoms with Crippen molar-refractivity contribution < 1.29 is 42.1 Å². The third-order valence-electron chi connectivity index (χ3n) is 3.92. The molecule has 0 bridgehead atoms. The molecule has 0 aliphatic heterocycles. The van der Waals surface area contributed by atoms with Crippen molar-refractivity contribution in [3.63, 3.8) is 0 Å². The molecule has 0 spiro atoms. The van der Waals surface area contributed by atoms with Gasteiger partial charge in [0.25, 0.3) is 0 Å². The Morgan fingerprint density at radius 2 is 1.86 bits per heavy atom. The lowest BCUT2D eigenvalue weighted by molar-refractivity contribution is -0.143. The summed E-state index contributed by atoms with van der Waals surface area (Å²) < 4.78 is 56.0. The Balaban J connectivity index is 2.65. The van der Waals surface area contributed by atoms with Crippen LogP contribution in [0.15, 0.2) is 36.5 Å². The van der Waals surface area contributed by atoms with Gasteiger partial charge in [0.15, 0.2) is 0 Å². The summed E-state index contributed by atoms with van der Waals surface area (Å²) in [6.45, 7) is -0.149. The Hall–Kier alpha value is -3.14. The number of hydrogen-bond acceptors (Lipinski definition) is 7. The van der Waals surface area contributed by atoms with Gasteiger partial charge in [0.2, 0.25) is 5.78 Å². The van der Waals surface area contributed by atoms with Gasteiger partial charge in [-0.05, 0) is 23.8 Å². The van der Waals surface area contributed by atoms with Crippen molar-refractivity contribution in [2.45, 2.75) is 12.1 Å². The fraction of sp³-hybridized carbons (Fsp3) is 0.316. The molecule has 10 heteroatoms. The minimum Gasteiger partial charge on any atom is -0.506 e. The first-order valence-electron chi connectivity index (χ1n) is 8.30. The standard InChI is InChI=1S/C19H18F3NO6/c1-27-9-10-29-13-7-3-5-11(15(13)19(20,21)22)14(18(26)28-2)17(25)16-12(24)6-4-8-23-16/h3-8,14,24H,9-10H2,1-2H3. The van der Waals surface area contributed by atoms with Crippen LogP contribution in [0.25, 0.3) is 0 Å². The van der Waals surface area contributed by atoms with E-state index in [0.717, 1.165) is 31.5 Å². The van der Waals surface area contributed by atoms with Crippen LogP contribution >= 0.6 is 0 Å². The highest BCUT2D eigenvalue weighted by atomic mass is 19.4. The SMILES string of the molecule is COCCOc1cccc(C(C(=O)OC)C(=O)c2ncccc2O)c1C(F)(F)F. The zero-order valence-corrected chi connectivity index (χ0v) is 15.5. The van der Waals surface area contributed by atoms with Gasteiger partial charge < -0.3 is 19.3 Å². The number of aromatic hydroxyl groups is 1. The van der Waals surface area contributed by atoms with Crippen molar-refractivity contribution in [3.8, 4) is 11.5 Å². The Morgan fingerprint density at radius 3 is 2.45 bits per heavy atom. The van der Waals surface area contributed by atoms with E-state index in [0.29, 0.717) is 0 Å². The number of esters is 1. The summed E-state index contributed by atoms with van der Waals surface area (Å²) in [4.78, 5) is 28.9. The largest absolute Gasteiger partial charge is 0.506 e. The predicted octanol–water partition coefficient (Wildman–Crippen LogP) is 2.97. The number of Topliss-reactive ketones (excluding diaryl/α,β-unsaturated/α-hetero) is 1. The number of nitrogens with zero attached hydrogens (tertiary/aromatic N) is 1. The average molecular weight is 413 g/mol.